The van der Waals surface area contributed by atoms with Crippen molar-refractivity contribution in [2.75, 3.05) is 11.9 Å². The zero-order valence-electron chi connectivity index (χ0n) is 22.8. The van der Waals surface area contributed by atoms with Crippen molar-refractivity contribution in [1.29, 1.82) is 0 Å². The van der Waals surface area contributed by atoms with E-state index in [1.165, 1.54) is 4.90 Å². The molecule has 0 bridgehead atoms. The normalized spacial score (nSPS) is 15.1. The minimum Gasteiger partial charge on any atom is -0.465 e. The Bertz CT molecular complexity index is 1520. The highest BCUT2D eigenvalue weighted by Gasteiger charge is 2.38. The Hall–Kier alpha value is -4.39. The molecular weight excluding hydrogens is 488 g/mol. The number of benzene rings is 3. The second-order valence-corrected chi connectivity index (χ2v) is 11.2. The third-order valence-corrected chi connectivity index (χ3v) is 7.34. The SMILES string of the molecule is Cc1cc(NC(=O)c2ccc3c(c2)CCN(C(=O)O)C3C(C)(C)C)nn1Cc1ccccc1-c1ccccc1. The van der Waals surface area contributed by atoms with Crippen LogP contribution in [0.5, 0.6) is 0 Å². The second kappa shape index (κ2) is 10.4. The Morgan fingerprint density at radius 3 is 2.44 bits per heavy atom. The summed E-state index contributed by atoms with van der Waals surface area (Å²) < 4.78 is 1.90. The zero-order chi connectivity index (χ0) is 27.7. The molecule has 0 saturated carbocycles. The van der Waals surface area contributed by atoms with Crippen molar-refractivity contribution < 1.29 is 14.7 Å². The lowest BCUT2D eigenvalue weighted by Crippen LogP contribution is -2.44. The standard InChI is InChI=1S/C32H34N4O3/c1-21-18-28(34-36(21)20-25-12-8-9-13-26(25)22-10-6-5-7-11-22)33-30(37)24-14-15-27-23(19-24)16-17-35(31(38)39)29(27)32(2,3)4/h5-15,18-19,29H,16-17,20H2,1-4H3,(H,38,39)(H,33,34,37). The Morgan fingerprint density at radius 2 is 1.72 bits per heavy atom. The van der Waals surface area contributed by atoms with Gasteiger partial charge in [0.05, 0.1) is 12.6 Å². The number of aryl methyl sites for hydroxylation is 1. The number of anilines is 1. The molecule has 1 atom stereocenters. The number of aromatic nitrogens is 2. The van der Waals surface area contributed by atoms with Crippen LogP contribution in [0.25, 0.3) is 11.1 Å². The maximum Gasteiger partial charge on any atom is 0.407 e. The van der Waals surface area contributed by atoms with E-state index in [0.29, 0.717) is 30.9 Å². The van der Waals surface area contributed by atoms with Gasteiger partial charge in [0.15, 0.2) is 5.82 Å². The van der Waals surface area contributed by atoms with E-state index in [9.17, 15) is 14.7 Å². The third-order valence-electron chi connectivity index (χ3n) is 7.34. The van der Waals surface area contributed by atoms with Crippen molar-refractivity contribution in [3.05, 3.63) is 107 Å². The lowest BCUT2D eigenvalue weighted by atomic mass is 9.77. The maximum absolute atomic E-state index is 13.2. The van der Waals surface area contributed by atoms with Gasteiger partial charge < -0.3 is 15.3 Å². The number of hydrogen-bond acceptors (Lipinski definition) is 3. The van der Waals surface area contributed by atoms with Gasteiger partial charge in [0.1, 0.15) is 0 Å². The van der Waals surface area contributed by atoms with Gasteiger partial charge >= 0.3 is 6.09 Å². The Labute approximate surface area is 229 Å². The fourth-order valence-electron chi connectivity index (χ4n) is 5.55. The van der Waals surface area contributed by atoms with Crippen LogP contribution in [-0.2, 0) is 13.0 Å². The van der Waals surface area contributed by atoms with Crippen molar-refractivity contribution in [2.24, 2.45) is 5.41 Å². The first kappa shape index (κ1) is 26.2. The molecular formula is C32H34N4O3. The molecule has 39 heavy (non-hydrogen) atoms. The summed E-state index contributed by atoms with van der Waals surface area (Å²) in [6.45, 7) is 9.09. The lowest BCUT2D eigenvalue weighted by Gasteiger charge is -2.43. The molecule has 5 rings (SSSR count). The van der Waals surface area contributed by atoms with E-state index in [1.807, 2.05) is 80.9 Å². The second-order valence-electron chi connectivity index (χ2n) is 11.2. The van der Waals surface area contributed by atoms with Gasteiger partial charge in [-0.2, -0.15) is 5.10 Å². The first-order valence-corrected chi connectivity index (χ1v) is 13.2. The summed E-state index contributed by atoms with van der Waals surface area (Å²) in [5.41, 5.74) is 6.63. The molecule has 1 aliphatic heterocycles. The number of rotatable bonds is 5. The van der Waals surface area contributed by atoms with Gasteiger partial charge in [0.25, 0.3) is 5.91 Å². The van der Waals surface area contributed by atoms with E-state index >= 15 is 0 Å². The van der Waals surface area contributed by atoms with Crippen molar-refractivity contribution in [2.45, 2.75) is 46.7 Å². The van der Waals surface area contributed by atoms with Crippen LogP contribution in [0.2, 0.25) is 0 Å². The van der Waals surface area contributed by atoms with Gasteiger partial charge in [0, 0.05) is 23.9 Å². The van der Waals surface area contributed by atoms with Gasteiger partial charge in [-0.3, -0.25) is 9.48 Å². The van der Waals surface area contributed by atoms with E-state index in [1.54, 1.807) is 6.07 Å². The van der Waals surface area contributed by atoms with Crippen molar-refractivity contribution >= 4 is 17.8 Å². The predicted molar refractivity (Wildman–Crippen MR) is 153 cm³/mol. The molecule has 7 nitrogen and oxygen atoms in total. The third kappa shape index (κ3) is 5.43. The largest absolute Gasteiger partial charge is 0.465 e. The van der Waals surface area contributed by atoms with Crippen LogP contribution in [0.4, 0.5) is 10.6 Å². The molecule has 200 valence electrons. The van der Waals surface area contributed by atoms with E-state index in [4.69, 9.17) is 0 Å². The van der Waals surface area contributed by atoms with Gasteiger partial charge in [-0.15, -0.1) is 0 Å². The van der Waals surface area contributed by atoms with Crippen LogP contribution in [0.1, 0.15) is 59.6 Å². The number of hydrogen-bond donors (Lipinski definition) is 2. The molecule has 0 fully saturated rings. The molecule has 1 aliphatic rings. The van der Waals surface area contributed by atoms with E-state index in [0.717, 1.165) is 33.5 Å². The highest BCUT2D eigenvalue weighted by Crippen LogP contribution is 2.42. The molecule has 0 saturated heterocycles. The van der Waals surface area contributed by atoms with E-state index in [-0.39, 0.29) is 17.4 Å². The van der Waals surface area contributed by atoms with Crippen LogP contribution >= 0.6 is 0 Å². The molecule has 2 amide bonds. The average Bonchev–Trinajstić information content (AvgIpc) is 3.25. The number of fused-ring (bicyclic) bond motifs is 1. The van der Waals surface area contributed by atoms with Gasteiger partial charge in [-0.05, 0) is 58.7 Å². The highest BCUT2D eigenvalue weighted by molar-refractivity contribution is 6.04. The highest BCUT2D eigenvalue weighted by atomic mass is 16.4. The number of carbonyl (C=O) groups is 2. The van der Waals surface area contributed by atoms with Crippen LogP contribution in [-0.4, -0.2) is 38.3 Å². The molecule has 0 spiro atoms. The van der Waals surface area contributed by atoms with Crippen LogP contribution < -0.4 is 5.32 Å². The molecule has 3 aromatic carbocycles. The maximum atomic E-state index is 13.2. The summed E-state index contributed by atoms with van der Waals surface area (Å²) in [5, 5.41) is 17.4. The summed E-state index contributed by atoms with van der Waals surface area (Å²) in [4.78, 5) is 26.6. The van der Waals surface area contributed by atoms with E-state index < -0.39 is 6.09 Å². The van der Waals surface area contributed by atoms with Crippen molar-refractivity contribution in [3.8, 4) is 11.1 Å². The molecule has 0 radical (unpaired) electrons. The number of carboxylic acid groups (broad SMARTS) is 1. The first-order chi connectivity index (χ1) is 18.6. The fourth-order valence-corrected chi connectivity index (χ4v) is 5.55. The minimum absolute atomic E-state index is 0.236. The minimum atomic E-state index is -0.917. The number of nitrogens with zero attached hydrogens (tertiary/aromatic N) is 3. The topological polar surface area (TPSA) is 87.5 Å². The van der Waals surface area contributed by atoms with Crippen LogP contribution in [0.15, 0.2) is 78.9 Å². The Balaban J connectivity index is 1.35. The smallest absolute Gasteiger partial charge is 0.407 e. The quantitative estimate of drug-likeness (QED) is 0.302. The molecule has 4 aromatic rings. The van der Waals surface area contributed by atoms with Crippen LogP contribution in [0.3, 0.4) is 0 Å². The number of amides is 2. The first-order valence-electron chi connectivity index (χ1n) is 13.2. The van der Waals surface area contributed by atoms with Gasteiger partial charge in [-0.25, -0.2) is 4.79 Å². The lowest BCUT2D eigenvalue weighted by molar-refractivity contribution is 0.0758. The predicted octanol–water partition coefficient (Wildman–Crippen LogP) is 6.78. The Kier molecular flexibility index (Phi) is 7.00. The molecule has 2 N–H and O–H groups in total. The molecule has 0 aliphatic carbocycles. The molecule has 7 heteroatoms. The monoisotopic (exact) mass is 522 g/mol. The summed E-state index contributed by atoms with van der Waals surface area (Å²) in [6, 6.07) is 25.7. The van der Waals surface area contributed by atoms with Crippen molar-refractivity contribution in [1.82, 2.24) is 14.7 Å². The molecule has 1 unspecified atom stereocenters. The summed E-state index contributed by atoms with van der Waals surface area (Å²) in [5.74, 6) is 0.261. The summed E-state index contributed by atoms with van der Waals surface area (Å²) >= 11 is 0. The van der Waals surface area contributed by atoms with Crippen LogP contribution in [0, 0.1) is 12.3 Å². The summed E-state index contributed by atoms with van der Waals surface area (Å²) in [6.07, 6.45) is -0.344. The molecule has 1 aromatic heterocycles. The van der Waals surface area contributed by atoms with Gasteiger partial charge in [0.2, 0.25) is 0 Å². The van der Waals surface area contributed by atoms with E-state index in [2.05, 4.69) is 34.7 Å². The number of nitrogens with one attached hydrogen (secondary N) is 1. The fraction of sp³-hybridized carbons (Fsp3) is 0.281. The van der Waals surface area contributed by atoms with Crippen molar-refractivity contribution in [3.63, 3.8) is 0 Å². The molecule has 2 heterocycles. The Morgan fingerprint density at radius 1 is 1.00 bits per heavy atom. The summed E-state index contributed by atoms with van der Waals surface area (Å²) in [7, 11) is 0. The number of carbonyl (C=O) groups excluding carboxylic acids is 1. The zero-order valence-corrected chi connectivity index (χ0v) is 22.8. The average molecular weight is 523 g/mol. The van der Waals surface area contributed by atoms with Gasteiger partial charge in [-0.1, -0.05) is 81.4 Å².